The number of imide groups is 2. The molecule has 95 heavy (non-hydrogen) atoms. The molecule has 0 bridgehead atoms. The van der Waals surface area contributed by atoms with Gasteiger partial charge >= 0.3 is 0 Å². The average molecular weight is 1310 g/mol. The molecule has 0 saturated carbocycles. The van der Waals surface area contributed by atoms with Gasteiger partial charge in [-0.15, -0.1) is 11.3 Å². The van der Waals surface area contributed by atoms with Gasteiger partial charge in [0.15, 0.2) is 23.0 Å². The summed E-state index contributed by atoms with van der Waals surface area (Å²) in [5.41, 5.74) is 7.78. The van der Waals surface area contributed by atoms with Crippen LogP contribution in [0.2, 0.25) is 0 Å². The number of benzene rings is 6. The predicted molar refractivity (Wildman–Crippen MR) is 365 cm³/mol. The first-order valence-electron chi connectivity index (χ1n) is 32.8. The van der Waals surface area contributed by atoms with E-state index in [-0.39, 0.29) is 47.5 Å². The fraction of sp³-hybridized carbons (Fsp3) is 0.392. The number of piperazine rings is 2. The fourth-order valence-electron chi connectivity index (χ4n) is 13.7. The Labute approximate surface area is 560 Å². The smallest absolute Gasteiger partial charge is 0.270 e. The van der Waals surface area contributed by atoms with Crippen LogP contribution in [-0.4, -0.2) is 167 Å². The first-order chi connectivity index (χ1) is 46.2. The number of aromatic nitrogens is 1. The van der Waals surface area contributed by atoms with Gasteiger partial charge in [0.2, 0.25) is 5.91 Å². The Hall–Kier alpha value is -9.15. The van der Waals surface area contributed by atoms with Crippen molar-refractivity contribution in [1.82, 2.24) is 35.2 Å². The lowest BCUT2D eigenvalue weighted by molar-refractivity contribution is -0.130. The number of anilines is 2. The van der Waals surface area contributed by atoms with Crippen LogP contribution >= 0.6 is 11.3 Å². The van der Waals surface area contributed by atoms with E-state index in [0.29, 0.717) is 96.3 Å². The van der Waals surface area contributed by atoms with Crippen molar-refractivity contribution in [2.45, 2.75) is 89.6 Å². The number of nitrogens with zero attached hydrogens (tertiary/aromatic N) is 7. The number of hydrogen-bond donors (Lipinski definition) is 2. The molecule has 20 nitrogen and oxygen atoms in total. The Morgan fingerprint density at radius 2 is 1.00 bits per heavy atom. The molecular formula is C74H85N9O11S. The second-order valence-electron chi connectivity index (χ2n) is 24.4. The van der Waals surface area contributed by atoms with Gasteiger partial charge in [-0.2, -0.15) is 0 Å². The van der Waals surface area contributed by atoms with Gasteiger partial charge in [0.05, 0.1) is 79.2 Å². The van der Waals surface area contributed by atoms with E-state index in [1.165, 1.54) is 32.3 Å². The minimum absolute atomic E-state index is 0.117. The zero-order valence-electron chi connectivity index (χ0n) is 55.2. The highest BCUT2D eigenvalue weighted by atomic mass is 32.1. The number of carbonyl (C=O) groups is 6. The molecule has 7 aromatic rings. The van der Waals surface area contributed by atoms with Gasteiger partial charge in [-0.1, -0.05) is 84.9 Å². The third-order valence-corrected chi connectivity index (χ3v) is 19.8. The number of carbonyl (C=O) groups excluding carboxylic acids is 6. The SMILES string of the molecule is COc1ccc([C@@H](CCCNC(=O)C2CCCO2)N2C(=O)c3cccc(N4CCN([C@H](C)c5ccccc5)CC4)c3C2=O)cc1OC.COc1ccc([C@@H](CCCNC(=O)c2csc(C)n2)N2C(=O)c3cccc(N4CCN([C@H](C)c5ccccc5)CC4)c3C2=O)cc1OC. The van der Waals surface area contributed by atoms with Gasteiger partial charge in [-0.25, -0.2) is 4.98 Å². The summed E-state index contributed by atoms with van der Waals surface area (Å²) in [5.74, 6) is 0.520. The molecule has 0 aliphatic carbocycles. The van der Waals surface area contributed by atoms with E-state index in [1.807, 2.05) is 67.6 Å². The van der Waals surface area contributed by atoms with Crippen LogP contribution in [0.4, 0.5) is 11.4 Å². The van der Waals surface area contributed by atoms with Crippen molar-refractivity contribution < 1.29 is 52.5 Å². The predicted octanol–water partition coefficient (Wildman–Crippen LogP) is 10.9. The average Bonchev–Trinajstić information content (AvgIpc) is 1.61. The molecule has 6 heterocycles. The van der Waals surface area contributed by atoms with Gasteiger partial charge in [0.25, 0.3) is 29.5 Å². The third kappa shape index (κ3) is 14.7. The van der Waals surface area contributed by atoms with Crippen molar-refractivity contribution in [2.75, 3.05) is 110 Å². The number of aryl methyl sites for hydroxylation is 1. The summed E-state index contributed by atoms with van der Waals surface area (Å²) < 4.78 is 27.6. The Morgan fingerprint density at radius 3 is 1.41 bits per heavy atom. The summed E-state index contributed by atoms with van der Waals surface area (Å²) in [7, 11) is 6.25. The molecule has 6 aromatic carbocycles. The van der Waals surface area contributed by atoms with Crippen molar-refractivity contribution in [3.05, 3.63) is 194 Å². The van der Waals surface area contributed by atoms with Crippen molar-refractivity contribution in [2.24, 2.45) is 0 Å². The van der Waals surface area contributed by atoms with Gasteiger partial charge < -0.3 is 44.1 Å². The van der Waals surface area contributed by atoms with E-state index < -0.39 is 18.2 Å². The number of fused-ring (bicyclic) bond motifs is 2. The molecule has 3 saturated heterocycles. The van der Waals surface area contributed by atoms with E-state index in [1.54, 1.807) is 58.1 Å². The number of ether oxygens (including phenoxy) is 5. The van der Waals surface area contributed by atoms with Gasteiger partial charge in [0, 0.05) is 89.5 Å². The Balaban J connectivity index is 0.000000193. The molecule has 3 fully saturated rings. The minimum Gasteiger partial charge on any atom is -0.493 e. The topological polar surface area (TPSA) is 205 Å². The second kappa shape index (κ2) is 30.9. The lowest BCUT2D eigenvalue weighted by atomic mass is 9.99. The molecule has 5 aliphatic heterocycles. The molecule has 1 aromatic heterocycles. The Bertz CT molecular complexity index is 3870. The zero-order chi connectivity index (χ0) is 66.7. The number of rotatable bonds is 24. The molecule has 0 spiro atoms. The summed E-state index contributed by atoms with van der Waals surface area (Å²) in [6.07, 6.45) is 3.16. The van der Waals surface area contributed by atoms with Crippen molar-refractivity contribution in [3.8, 4) is 23.0 Å². The lowest BCUT2D eigenvalue weighted by Crippen LogP contribution is -2.47. The first-order valence-corrected chi connectivity index (χ1v) is 33.7. The van der Waals surface area contributed by atoms with Crippen LogP contribution in [-0.2, 0) is 9.53 Å². The minimum atomic E-state index is -0.591. The molecule has 5 aliphatic rings. The van der Waals surface area contributed by atoms with Crippen LogP contribution in [0.3, 0.4) is 0 Å². The largest absolute Gasteiger partial charge is 0.493 e. The molecule has 12 rings (SSSR count). The number of nitrogens with one attached hydrogen (secondary N) is 2. The summed E-state index contributed by atoms with van der Waals surface area (Å²) in [4.78, 5) is 98.5. The maximum atomic E-state index is 14.4. The van der Waals surface area contributed by atoms with Crippen LogP contribution in [0.15, 0.2) is 139 Å². The molecule has 498 valence electrons. The standard InChI is InChI=1S/C37H41N5O5S.C37H44N4O6/c1-24(26-10-6-5-7-11-26)40-18-20-41(21-19-40)31-13-8-12-28-34(31)37(45)42(36(28)44)30(27-15-16-32(46-3)33(22-27)47-4)14-9-17-38-35(43)29-23-48-25(2)39-29;1-25(26-10-5-4-6-11-26)39-19-21-40(22-20-39)30-13-7-12-28-34(30)37(44)41(36(28)43)29(27-16-17-31(45-2)33(24-27)46-3)14-8-18-38-35(42)32-15-9-23-47-32/h5-8,10-13,15-16,22-24,30H,9,14,17-21H2,1-4H3,(H,38,43);4-7,10-13,16-17,24-25,29,32H,8-9,14-15,18-23H2,1-3H3,(H,38,42)/t24-,30-;25-,29-,32?/m11/s1. The maximum absolute atomic E-state index is 14.4. The highest BCUT2D eigenvalue weighted by Gasteiger charge is 2.45. The van der Waals surface area contributed by atoms with Gasteiger partial charge in [0.1, 0.15) is 11.8 Å². The molecular weight excluding hydrogens is 1220 g/mol. The van der Waals surface area contributed by atoms with E-state index in [0.717, 1.165) is 92.7 Å². The fourth-order valence-corrected chi connectivity index (χ4v) is 14.3. The molecule has 5 atom stereocenters. The second-order valence-corrected chi connectivity index (χ2v) is 25.5. The summed E-state index contributed by atoms with van der Waals surface area (Å²) in [6.45, 7) is 14.0. The molecule has 0 radical (unpaired) electrons. The van der Waals surface area contributed by atoms with Gasteiger partial charge in [-0.3, -0.25) is 48.4 Å². The molecule has 6 amide bonds. The lowest BCUT2D eigenvalue weighted by Gasteiger charge is -2.39. The summed E-state index contributed by atoms with van der Waals surface area (Å²) in [5, 5.41) is 8.45. The van der Waals surface area contributed by atoms with Crippen molar-refractivity contribution in [3.63, 3.8) is 0 Å². The number of thiazole rings is 1. The molecule has 2 N–H and O–H groups in total. The van der Waals surface area contributed by atoms with Crippen LogP contribution in [0.25, 0.3) is 0 Å². The first kappa shape index (κ1) is 67.3. The monoisotopic (exact) mass is 1310 g/mol. The highest BCUT2D eigenvalue weighted by molar-refractivity contribution is 7.09. The van der Waals surface area contributed by atoms with E-state index in [4.69, 9.17) is 23.7 Å². The number of amides is 6. The van der Waals surface area contributed by atoms with Crippen molar-refractivity contribution >= 4 is 58.2 Å². The van der Waals surface area contributed by atoms with Crippen LogP contribution in [0.5, 0.6) is 23.0 Å². The number of methoxy groups -OCH3 is 4. The Morgan fingerprint density at radius 1 is 0.547 bits per heavy atom. The highest BCUT2D eigenvalue weighted by Crippen LogP contribution is 2.43. The summed E-state index contributed by atoms with van der Waals surface area (Å²) >= 11 is 1.42. The third-order valence-electron chi connectivity index (χ3n) is 19.0. The normalized spacial score (nSPS) is 17.7. The summed E-state index contributed by atoms with van der Waals surface area (Å²) in [6, 6.07) is 42.5. The van der Waals surface area contributed by atoms with Gasteiger partial charge in [-0.05, 0) is 130 Å². The zero-order valence-corrected chi connectivity index (χ0v) is 56.0. The maximum Gasteiger partial charge on any atom is 0.270 e. The van der Waals surface area contributed by atoms with Crippen molar-refractivity contribution in [1.29, 1.82) is 0 Å². The number of hydrogen-bond acceptors (Lipinski definition) is 17. The molecule has 1 unspecified atom stereocenters. The van der Waals surface area contributed by atoms with E-state index in [9.17, 15) is 28.8 Å². The quantitative estimate of drug-likeness (QED) is 0.0426. The van der Waals surface area contributed by atoms with Crippen LogP contribution < -0.4 is 39.4 Å². The van der Waals surface area contributed by atoms with Crippen LogP contribution in [0, 0.1) is 6.92 Å². The molecule has 21 heteroatoms. The Kier molecular flexibility index (Phi) is 21.9. The van der Waals surface area contributed by atoms with Crippen LogP contribution in [0.1, 0.15) is 156 Å². The van der Waals surface area contributed by atoms with E-state index >= 15 is 0 Å². The van der Waals surface area contributed by atoms with E-state index in [2.05, 4.69) is 97.6 Å².